The molecule has 0 aliphatic heterocycles. The molecule has 4 heteroatoms. The van der Waals surface area contributed by atoms with Gasteiger partial charge >= 0.3 is 5.97 Å². The van der Waals surface area contributed by atoms with Crippen molar-refractivity contribution in [3.05, 3.63) is 0 Å². The van der Waals surface area contributed by atoms with Crippen LogP contribution in [0.25, 0.3) is 0 Å². The summed E-state index contributed by atoms with van der Waals surface area (Å²) in [5.74, 6) is 0.564. The standard InChI is InChI=1S/C11H19NO3/c1-2-15-11(13)9-7-3-5-8(6-4-7)10(9)12-14/h7-10,12,14H,2-6H2,1H3/t7?,8?,9-,10-/m0/s1. The molecule has 15 heavy (non-hydrogen) atoms. The summed E-state index contributed by atoms with van der Waals surface area (Å²) in [4.78, 5) is 11.8. The third kappa shape index (κ3) is 1.88. The number of hydroxylamine groups is 1. The monoisotopic (exact) mass is 213 g/mol. The number of fused-ring (bicyclic) bond motifs is 3. The minimum Gasteiger partial charge on any atom is -0.466 e. The van der Waals surface area contributed by atoms with E-state index in [1.807, 2.05) is 6.92 Å². The summed E-state index contributed by atoms with van der Waals surface area (Å²) in [6.45, 7) is 2.24. The van der Waals surface area contributed by atoms with E-state index in [0.29, 0.717) is 18.4 Å². The van der Waals surface area contributed by atoms with E-state index in [-0.39, 0.29) is 17.9 Å². The summed E-state index contributed by atoms with van der Waals surface area (Å²) < 4.78 is 5.08. The molecule has 0 aromatic rings. The Balaban J connectivity index is 2.10. The van der Waals surface area contributed by atoms with E-state index in [1.165, 1.54) is 0 Å². The smallest absolute Gasteiger partial charge is 0.310 e. The molecule has 3 fully saturated rings. The van der Waals surface area contributed by atoms with Gasteiger partial charge in [0.2, 0.25) is 0 Å². The molecule has 3 aliphatic carbocycles. The highest BCUT2D eigenvalue weighted by Crippen LogP contribution is 2.45. The lowest BCUT2D eigenvalue weighted by Crippen LogP contribution is -2.54. The molecule has 0 heterocycles. The Morgan fingerprint density at radius 1 is 1.33 bits per heavy atom. The maximum absolute atomic E-state index is 11.8. The summed E-state index contributed by atoms with van der Waals surface area (Å²) in [5, 5.41) is 9.14. The van der Waals surface area contributed by atoms with Crippen LogP contribution in [0, 0.1) is 17.8 Å². The van der Waals surface area contributed by atoms with Gasteiger partial charge in [-0.25, -0.2) is 5.48 Å². The summed E-state index contributed by atoms with van der Waals surface area (Å²) >= 11 is 0. The van der Waals surface area contributed by atoms with Gasteiger partial charge in [0.25, 0.3) is 0 Å². The molecule has 4 nitrogen and oxygen atoms in total. The lowest BCUT2D eigenvalue weighted by atomic mass is 9.62. The molecule has 3 saturated carbocycles. The lowest BCUT2D eigenvalue weighted by Gasteiger charge is -2.46. The number of carbonyl (C=O) groups is 1. The van der Waals surface area contributed by atoms with Crippen LogP contribution in [0.3, 0.4) is 0 Å². The fourth-order valence-electron chi connectivity index (χ4n) is 3.21. The zero-order valence-electron chi connectivity index (χ0n) is 9.11. The molecule has 0 unspecified atom stereocenters. The Bertz CT molecular complexity index is 236. The highest BCUT2D eigenvalue weighted by Gasteiger charge is 2.47. The van der Waals surface area contributed by atoms with Crippen molar-refractivity contribution in [3.8, 4) is 0 Å². The second-order valence-corrected chi connectivity index (χ2v) is 4.61. The molecule has 0 aromatic heterocycles. The fraction of sp³-hybridized carbons (Fsp3) is 0.909. The average Bonchev–Trinajstić information content (AvgIpc) is 2.29. The van der Waals surface area contributed by atoms with Crippen molar-refractivity contribution in [1.82, 2.24) is 5.48 Å². The number of ether oxygens (including phenoxy) is 1. The van der Waals surface area contributed by atoms with Crippen molar-refractivity contribution in [2.75, 3.05) is 6.61 Å². The maximum atomic E-state index is 11.8. The molecule has 3 aliphatic rings. The lowest BCUT2D eigenvalue weighted by molar-refractivity contribution is -0.159. The topological polar surface area (TPSA) is 58.6 Å². The van der Waals surface area contributed by atoms with Crippen LogP contribution in [0.4, 0.5) is 0 Å². The number of hydrogen-bond acceptors (Lipinski definition) is 4. The van der Waals surface area contributed by atoms with Crippen molar-refractivity contribution >= 4 is 5.97 Å². The highest BCUT2D eigenvalue weighted by molar-refractivity contribution is 5.74. The number of nitrogens with one attached hydrogen (secondary N) is 1. The van der Waals surface area contributed by atoms with Crippen LogP contribution in [-0.2, 0) is 9.53 Å². The molecule has 0 aromatic carbocycles. The Morgan fingerprint density at radius 2 is 1.93 bits per heavy atom. The van der Waals surface area contributed by atoms with Gasteiger partial charge in [-0.05, 0) is 44.4 Å². The first-order valence-electron chi connectivity index (χ1n) is 5.84. The van der Waals surface area contributed by atoms with Crippen molar-refractivity contribution in [3.63, 3.8) is 0 Å². The van der Waals surface area contributed by atoms with Gasteiger partial charge in [-0.2, -0.15) is 0 Å². The zero-order valence-corrected chi connectivity index (χ0v) is 9.11. The van der Waals surface area contributed by atoms with Crippen LogP contribution >= 0.6 is 0 Å². The van der Waals surface area contributed by atoms with Crippen LogP contribution in [0.1, 0.15) is 32.6 Å². The summed E-state index contributed by atoms with van der Waals surface area (Å²) in [6, 6.07) is -0.0865. The predicted molar refractivity (Wildman–Crippen MR) is 54.3 cm³/mol. The van der Waals surface area contributed by atoms with Crippen LogP contribution in [0.2, 0.25) is 0 Å². The van der Waals surface area contributed by atoms with E-state index in [4.69, 9.17) is 9.94 Å². The molecule has 86 valence electrons. The minimum absolute atomic E-state index is 0.0865. The van der Waals surface area contributed by atoms with E-state index in [9.17, 15) is 4.79 Å². The fourth-order valence-corrected chi connectivity index (χ4v) is 3.21. The van der Waals surface area contributed by atoms with Crippen LogP contribution in [0.5, 0.6) is 0 Å². The van der Waals surface area contributed by atoms with Crippen molar-refractivity contribution in [1.29, 1.82) is 0 Å². The summed E-state index contributed by atoms with van der Waals surface area (Å²) in [5.41, 5.74) is 2.32. The zero-order chi connectivity index (χ0) is 10.8. The second kappa shape index (κ2) is 4.49. The first-order chi connectivity index (χ1) is 7.27. The third-order valence-corrected chi connectivity index (χ3v) is 3.93. The van der Waals surface area contributed by atoms with Crippen LogP contribution in [0.15, 0.2) is 0 Å². The van der Waals surface area contributed by atoms with E-state index in [2.05, 4.69) is 5.48 Å². The first-order valence-corrected chi connectivity index (χ1v) is 5.84. The van der Waals surface area contributed by atoms with Gasteiger partial charge < -0.3 is 9.94 Å². The minimum atomic E-state index is -0.140. The Labute approximate surface area is 90.0 Å². The van der Waals surface area contributed by atoms with Gasteiger partial charge in [0.05, 0.1) is 12.5 Å². The van der Waals surface area contributed by atoms with Gasteiger partial charge in [0.15, 0.2) is 0 Å². The molecule has 0 saturated heterocycles. The summed E-state index contributed by atoms with van der Waals surface area (Å²) in [7, 11) is 0. The number of carbonyl (C=O) groups excluding carboxylic acids is 1. The SMILES string of the molecule is CCOC(=O)[C@H]1C2CCC(CC2)[C@@H]1NO. The molecular formula is C11H19NO3. The van der Waals surface area contributed by atoms with Gasteiger partial charge in [-0.1, -0.05) is 0 Å². The van der Waals surface area contributed by atoms with Gasteiger partial charge in [-0.3, -0.25) is 4.79 Å². The molecular weight excluding hydrogens is 194 g/mol. The van der Waals surface area contributed by atoms with E-state index < -0.39 is 0 Å². The molecule has 0 amide bonds. The van der Waals surface area contributed by atoms with Gasteiger partial charge in [0.1, 0.15) is 0 Å². The quantitative estimate of drug-likeness (QED) is 0.548. The van der Waals surface area contributed by atoms with E-state index in [1.54, 1.807) is 0 Å². The van der Waals surface area contributed by atoms with Crippen molar-refractivity contribution in [2.45, 2.75) is 38.6 Å². The van der Waals surface area contributed by atoms with Crippen molar-refractivity contribution in [2.24, 2.45) is 17.8 Å². The predicted octanol–water partition coefficient (Wildman–Crippen LogP) is 1.33. The maximum Gasteiger partial charge on any atom is 0.310 e. The number of esters is 1. The second-order valence-electron chi connectivity index (χ2n) is 4.61. The van der Waals surface area contributed by atoms with Crippen LogP contribution in [-0.4, -0.2) is 23.8 Å². The molecule has 2 atom stereocenters. The molecule has 0 spiro atoms. The third-order valence-electron chi connectivity index (χ3n) is 3.93. The van der Waals surface area contributed by atoms with Gasteiger partial charge in [-0.15, -0.1) is 0 Å². The molecule has 0 radical (unpaired) electrons. The Morgan fingerprint density at radius 3 is 2.47 bits per heavy atom. The van der Waals surface area contributed by atoms with Crippen molar-refractivity contribution < 1.29 is 14.7 Å². The Hall–Kier alpha value is -0.610. The molecule has 2 N–H and O–H groups in total. The highest BCUT2D eigenvalue weighted by atomic mass is 16.5. The van der Waals surface area contributed by atoms with E-state index >= 15 is 0 Å². The first kappa shape index (κ1) is 10.9. The Kier molecular flexibility index (Phi) is 3.26. The number of hydrogen-bond donors (Lipinski definition) is 2. The summed E-state index contributed by atoms with van der Waals surface area (Å²) in [6.07, 6.45) is 4.45. The largest absolute Gasteiger partial charge is 0.466 e. The normalized spacial score (nSPS) is 39.1. The van der Waals surface area contributed by atoms with Gasteiger partial charge in [0, 0.05) is 6.04 Å². The molecule has 3 rings (SSSR count). The number of rotatable bonds is 3. The molecule has 2 bridgehead atoms. The van der Waals surface area contributed by atoms with E-state index in [0.717, 1.165) is 25.7 Å². The van der Waals surface area contributed by atoms with Crippen LogP contribution < -0.4 is 5.48 Å². The average molecular weight is 213 g/mol.